The molecule has 0 bridgehead atoms. The molecule has 2 amide bonds. The maximum atomic E-state index is 12.2. The minimum absolute atomic E-state index is 0.00105. The van der Waals surface area contributed by atoms with Gasteiger partial charge in [-0.05, 0) is 42.5 Å². The number of nitrogens with one attached hydrogen (secondary N) is 2. The molecule has 9 nitrogen and oxygen atoms in total. The van der Waals surface area contributed by atoms with Crippen molar-refractivity contribution in [2.24, 2.45) is 0 Å². The molecule has 0 aromatic heterocycles. The summed E-state index contributed by atoms with van der Waals surface area (Å²) >= 11 is 0. The normalized spacial score (nSPS) is 21.3. The number of carbonyl (C=O) groups is 2. The Morgan fingerprint density at radius 3 is 2.30 bits per heavy atom. The third-order valence-electron chi connectivity index (χ3n) is 7.66. The Hall–Kier alpha value is -3.08. The molecule has 1 aliphatic heterocycles. The summed E-state index contributed by atoms with van der Waals surface area (Å²) in [6.45, 7) is 5.60. The van der Waals surface area contributed by atoms with E-state index in [4.69, 9.17) is 14.7 Å². The highest BCUT2D eigenvalue weighted by Crippen LogP contribution is 2.39. The Balaban J connectivity index is 1.45. The zero-order valence-electron chi connectivity index (χ0n) is 23.0. The van der Waals surface area contributed by atoms with Crippen molar-refractivity contribution >= 4 is 17.5 Å². The van der Waals surface area contributed by atoms with Crippen LogP contribution in [0, 0.1) is 0 Å². The summed E-state index contributed by atoms with van der Waals surface area (Å²) in [5.41, 5.74) is 4.97. The Labute approximate surface area is 236 Å². The number of aliphatic hydroxyl groups excluding tert-OH is 1. The molecular weight excluding hydrogens is 510 g/mol. The number of hydroxylamine groups is 1. The van der Waals surface area contributed by atoms with Gasteiger partial charge in [0.25, 0.3) is 0 Å². The number of ether oxygens (including phenoxy) is 2. The van der Waals surface area contributed by atoms with Crippen molar-refractivity contribution in [2.75, 3.05) is 18.4 Å². The van der Waals surface area contributed by atoms with E-state index in [1.54, 1.807) is 5.48 Å². The number of rotatable bonds is 13. The van der Waals surface area contributed by atoms with Crippen molar-refractivity contribution in [1.29, 1.82) is 0 Å². The number of amides is 2. The highest BCUT2D eigenvalue weighted by atomic mass is 16.7. The zero-order valence-corrected chi connectivity index (χ0v) is 23.0. The number of aliphatic hydroxyl groups is 1. The van der Waals surface area contributed by atoms with E-state index in [1.165, 1.54) is 25.7 Å². The van der Waals surface area contributed by atoms with E-state index in [0.29, 0.717) is 18.2 Å². The molecule has 0 unspecified atom stereocenters. The first kappa shape index (κ1) is 29.9. The Kier molecular flexibility index (Phi) is 11.3. The summed E-state index contributed by atoms with van der Waals surface area (Å²) in [6.07, 6.45) is 7.42. The van der Waals surface area contributed by atoms with E-state index in [0.717, 1.165) is 36.2 Å². The van der Waals surface area contributed by atoms with E-state index in [-0.39, 0.29) is 37.6 Å². The summed E-state index contributed by atoms with van der Waals surface area (Å²) < 4.78 is 13.0. The van der Waals surface area contributed by atoms with Crippen LogP contribution >= 0.6 is 0 Å². The maximum absolute atomic E-state index is 12.2. The van der Waals surface area contributed by atoms with Crippen LogP contribution in [0.5, 0.6) is 0 Å². The fourth-order valence-electron chi connectivity index (χ4n) is 5.51. The third-order valence-corrected chi connectivity index (χ3v) is 7.66. The van der Waals surface area contributed by atoms with Crippen LogP contribution in [0.15, 0.2) is 61.2 Å². The van der Waals surface area contributed by atoms with Crippen molar-refractivity contribution in [3.63, 3.8) is 0 Å². The van der Waals surface area contributed by atoms with E-state index in [2.05, 4.69) is 16.8 Å². The molecule has 2 aromatic rings. The van der Waals surface area contributed by atoms with Crippen molar-refractivity contribution in [3.05, 3.63) is 77.9 Å². The molecule has 2 aromatic carbocycles. The summed E-state index contributed by atoms with van der Waals surface area (Å²) in [5.74, 6) is -0.717. The first-order valence-corrected chi connectivity index (χ1v) is 14.2. The molecule has 40 heavy (non-hydrogen) atoms. The van der Waals surface area contributed by atoms with Crippen LogP contribution in [-0.2, 0) is 25.7 Å². The molecule has 1 saturated heterocycles. The molecule has 3 atom stereocenters. The fourth-order valence-corrected chi connectivity index (χ4v) is 5.51. The predicted molar refractivity (Wildman–Crippen MR) is 151 cm³/mol. The average Bonchev–Trinajstić information content (AvgIpc) is 3.52. The lowest BCUT2D eigenvalue weighted by atomic mass is 9.99. The van der Waals surface area contributed by atoms with Crippen LogP contribution < -0.4 is 10.8 Å². The SMILES string of the molecule is C=CCN(C[C@H]1C[C@@H](c2ccc(CO)cc2)O[C@@H](c2ccc(NC(=O)CCCC(=O)NO)cc2)O1)C1CCCC1. The smallest absolute Gasteiger partial charge is 0.243 e. The quantitative estimate of drug-likeness (QED) is 0.161. The van der Waals surface area contributed by atoms with Gasteiger partial charge in [-0.2, -0.15) is 0 Å². The van der Waals surface area contributed by atoms with Gasteiger partial charge in [0.05, 0.1) is 18.8 Å². The van der Waals surface area contributed by atoms with Crippen LogP contribution in [-0.4, -0.2) is 52.3 Å². The molecule has 2 fully saturated rings. The number of anilines is 1. The van der Waals surface area contributed by atoms with E-state index >= 15 is 0 Å². The second-order valence-electron chi connectivity index (χ2n) is 10.6. The minimum atomic E-state index is -0.572. The number of benzene rings is 2. The topological polar surface area (TPSA) is 120 Å². The first-order chi connectivity index (χ1) is 19.5. The summed E-state index contributed by atoms with van der Waals surface area (Å²) in [7, 11) is 0. The van der Waals surface area contributed by atoms with Gasteiger partial charge in [-0.25, -0.2) is 5.48 Å². The van der Waals surface area contributed by atoms with Gasteiger partial charge in [0.2, 0.25) is 11.8 Å². The van der Waals surface area contributed by atoms with Crippen LogP contribution in [0.4, 0.5) is 5.69 Å². The molecule has 4 N–H and O–H groups in total. The van der Waals surface area contributed by atoms with Gasteiger partial charge in [0.15, 0.2) is 6.29 Å². The monoisotopic (exact) mass is 551 g/mol. The lowest BCUT2D eigenvalue weighted by Gasteiger charge is -2.39. The van der Waals surface area contributed by atoms with Crippen LogP contribution in [0.2, 0.25) is 0 Å². The molecule has 0 spiro atoms. The number of hydrogen-bond acceptors (Lipinski definition) is 7. The van der Waals surface area contributed by atoms with E-state index in [1.807, 2.05) is 54.6 Å². The largest absolute Gasteiger partial charge is 0.392 e. The maximum Gasteiger partial charge on any atom is 0.243 e. The molecule has 216 valence electrons. The van der Waals surface area contributed by atoms with Gasteiger partial charge in [0, 0.05) is 49.6 Å². The van der Waals surface area contributed by atoms with E-state index in [9.17, 15) is 14.7 Å². The Bertz CT molecular complexity index is 1100. The van der Waals surface area contributed by atoms with Gasteiger partial charge < -0.3 is 19.9 Å². The number of nitrogens with zero attached hydrogens (tertiary/aromatic N) is 1. The van der Waals surface area contributed by atoms with Gasteiger partial charge in [0.1, 0.15) is 0 Å². The van der Waals surface area contributed by atoms with Gasteiger partial charge in [-0.3, -0.25) is 19.7 Å². The van der Waals surface area contributed by atoms with E-state index < -0.39 is 12.2 Å². The third kappa shape index (κ3) is 8.46. The summed E-state index contributed by atoms with van der Waals surface area (Å²) in [4.78, 5) is 25.9. The standard InChI is InChI=1S/C31H41N3O6/c1-2-18-34(26-6-3-4-7-26)20-27-19-28(23-12-10-22(21-35)11-13-23)40-31(39-27)24-14-16-25(17-15-24)32-29(36)8-5-9-30(37)33-38/h2,10-17,26-28,31,35,38H,1,3-9,18-21H2,(H,32,36)(H,33,37)/t27-,28+,31+/m1/s1. The molecule has 4 rings (SSSR count). The molecular formula is C31H41N3O6. The Morgan fingerprint density at radius 2 is 1.65 bits per heavy atom. The first-order valence-electron chi connectivity index (χ1n) is 14.2. The van der Waals surface area contributed by atoms with Crippen molar-refractivity contribution in [2.45, 2.75) is 82.5 Å². The van der Waals surface area contributed by atoms with Crippen molar-refractivity contribution < 1.29 is 29.4 Å². The Morgan fingerprint density at radius 1 is 0.975 bits per heavy atom. The molecule has 1 heterocycles. The van der Waals surface area contributed by atoms with Gasteiger partial charge >= 0.3 is 0 Å². The summed E-state index contributed by atoms with van der Waals surface area (Å²) in [5, 5.41) is 20.9. The highest BCUT2D eigenvalue weighted by Gasteiger charge is 2.34. The molecule has 1 saturated carbocycles. The predicted octanol–water partition coefficient (Wildman–Crippen LogP) is 4.77. The lowest BCUT2D eigenvalue weighted by Crippen LogP contribution is -2.43. The zero-order chi connectivity index (χ0) is 28.3. The van der Waals surface area contributed by atoms with Gasteiger partial charge in [-0.15, -0.1) is 6.58 Å². The van der Waals surface area contributed by atoms with Crippen LogP contribution in [0.3, 0.4) is 0 Å². The molecule has 0 radical (unpaired) electrons. The van der Waals surface area contributed by atoms with Crippen molar-refractivity contribution in [3.8, 4) is 0 Å². The lowest BCUT2D eigenvalue weighted by molar-refractivity contribution is -0.253. The minimum Gasteiger partial charge on any atom is -0.392 e. The molecule has 1 aliphatic carbocycles. The summed E-state index contributed by atoms with van der Waals surface area (Å²) in [6, 6.07) is 15.8. The molecule has 9 heteroatoms. The fraction of sp³-hybridized carbons (Fsp3) is 0.484. The number of carbonyl (C=O) groups excluding carboxylic acids is 2. The highest BCUT2D eigenvalue weighted by molar-refractivity contribution is 5.91. The van der Waals surface area contributed by atoms with Crippen LogP contribution in [0.25, 0.3) is 0 Å². The van der Waals surface area contributed by atoms with Crippen LogP contribution in [0.1, 0.15) is 80.5 Å². The average molecular weight is 552 g/mol. The van der Waals surface area contributed by atoms with Gasteiger partial charge in [-0.1, -0.05) is 55.3 Å². The second kappa shape index (κ2) is 15.1. The molecule has 2 aliphatic rings. The number of hydrogen-bond donors (Lipinski definition) is 4. The van der Waals surface area contributed by atoms with Crippen molar-refractivity contribution in [1.82, 2.24) is 10.4 Å². The second-order valence-corrected chi connectivity index (χ2v) is 10.6.